The van der Waals surface area contributed by atoms with Crippen LogP contribution >= 0.6 is 15.9 Å². The Balaban J connectivity index is 2.42. The maximum Gasteiger partial charge on any atom is 0.194 e. The highest BCUT2D eigenvalue weighted by Crippen LogP contribution is 2.26. The number of rotatable bonds is 5. The van der Waals surface area contributed by atoms with Crippen LogP contribution in [0.1, 0.15) is 30.5 Å². The molecule has 0 fully saturated rings. The molecular formula is C16H15BrF3N. The van der Waals surface area contributed by atoms with E-state index in [1.807, 2.05) is 31.2 Å². The summed E-state index contributed by atoms with van der Waals surface area (Å²) in [4.78, 5) is 0. The summed E-state index contributed by atoms with van der Waals surface area (Å²) in [6.07, 6.45) is 0.874. The van der Waals surface area contributed by atoms with Gasteiger partial charge in [0.05, 0.1) is 6.04 Å². The molecule has 2 aromatic rings. The first kappa shape index (κ1) is 16.0. The lowest BCUT2D eigenvalue weighted by molar-refractivity contribution is 0.442. The Hall–Kier alpha value is -1.33. The third kappa shape index (κ3) is 3.86. The SMILES string of the molecule is CCCNC(c1ccc(Br)cc1)c1cc(F)c(F)c(F)c1. The first-order valence-corrected chi connectivity index (χ1v) is 7.45. The first-order valence-electron chi connectivity index (χ1n) is 6.66. The lowest BCUT2D eigenvalue weighted by Crippen LogP contribution is -2.23. The molecule has 112 valence electrons. The lowest BCUT2D eigenvalue weighted by atomic mass is 9.98. The molecule has 0 amide bonds. The average molecular weight is 358 g/mol. The highest BCUT2D eigenvalue weighted by Gasteiger charge is 2.18. The molecule has 0 aliphatic rings. The quantitative estimate of drug-likeness (QED) is 0.746. The van der Waals surface area contributed by atoms with Crippen LogP contribution in [-0.4, -0.2) is 6.54 Å². The monoisotopic (exact) mass is 357 g/mol. The van der Waals surface area contributed by atoms with Crippen LogP contribution < -0.4 is 5.32 Å². The summed E-state index contributed by atoms with van der Waals surface area (Å²) in [6, 6.07) is 9.11. The summed E-state index contributed by atoms with van der Waals surface area (Å²) in [5.74, 6) is -3.79. The van der Waals surface area contributed by atoms with E-state index in [-0.39, 0.29) is 6.04 Å². The van der Waals surface area contributed by atoms with Gasteiger partial charge in [-0.2, -0.15) is 0 Å². The topological polar surface area (TPSA) is 12.0 Å². The van der Waals surface area contributed by atoms with E-state index in [0.717, 1.165) is 28.6 Å². The number of halogens is 4. The minimum atomic E-state index is -1.44. The Kier molecular flexibility index (Phi) is 5.42. The van der Waals surface area contributed by atoms with Crippen LogP contribution in [0, 0.1) is 17.5 Å². The van der Waals surface area contributed by atoms with Crippen molar-refractivity contribution in [2.45, 2.75) is 19.4 Å². The Morgan fingerprint density at radius 2 is 1.57 bits per heavy atom. The normalized spacial score (nSPS) is 12.4. The molecule has 1 nitrogen and oxygen atoms in total. The van der Waals surface area contributed by atoms with Gasteiger partial charge in [-0.15, -0.1) is 0 Å². The summed E-state index contributed by atoms with van der Waals surface area (Å²) >= 11 is 3.35. The van der Waals surface area contributed by atoms with Crippen molar-refractivity contribution in [3.8, 4) is 0 Å². The van der Waals surface area contributed by atoms with Crippen LogP contribution in [-0.2, 0) is 0 Å². The van der Waals surface area contributed by atoms with Crippen molar-refractivity contribution in [1.82, 2.24) is 5.32 Å². The molecule has 1 N–H and O–H groups in total. The van der Waals surface area contributed by atoms with Crippen LogP contribution in [0.2, 0.25) is 0 Å². The predicted molar refractivity (Wildman–Crippen MR) is 80.6 cm³/mol. The Morgan fingerprint density at radius 1 is 1.00 bits per heavy atom. The van der Waals surface area contributed by atoms with Crippen molar-refractivity contribution < 1.29 is 13.2 Å². The van der Waals surface area contributed by atoms with Gasteiger partial charge in [-0.3, -0.25) is 0 Å². The van der Waals surface area contributed by atoms with Crippen molar-refractivity contribution >= 4 is 15.9 Å². The Morgan fingerprint density at radius 3 is 2.10 bits per heavy atom. The van der Waals surface area contributed by atoms with Gasteiger partial charge in [0.2, 0.25) is 0 Å². The fourth-order valence-electron chi connectivity index (χ4n) is 2.11. The van der Waals surface area contributed by atoms with E-state index in [9.17, 15) is 13.2 Å². The highest BCUT2D eigenvalue weighted by molar-refractivity contribution is 9.10. The molecule has 0 radical (unpaired) electrons. The molecule has 0 spiro atoms. The maximum atomic E-state index is 13.5. The van der Waals surface area contributed by atoms with Gasteiger partial charge in [-0.05, 0) is 48.4 Å². The van der Waals surface area contributed by atoms with Gasteiger partial charge < -0.3 is 5.32 Å². The molecule has 1 unspecified atom stereocenters. The van der Waals surface area contributed by atoms with Gasteiger partial charge in [0.15, 0.2) is 17.5 Å². The Bertz CT molecular complexity index is 590. The van der Waals surface area contributed by atoms with Crippen LogP contribution in [0.5, 0.6) is 0 Å². The second-order valence-electron chi connectivity index (χ2n) is 4.74. The van der Waals surface area contributed by atoms with Gasteiger partial charge in [-0.1, -0.05) is 35.0 Å². The largest absolute Gasteiger partial charge is 0.306 e. The van der Waals surface area contributed by atoms with E-state index in [0.29, 0.717) is 12.1 Å². The number of hydrogen-bond donors (Lipinski definition) is 1. The number of benzene rings is 2. The van der Waals surface area contributed by atoms with Gasteiger partial charge >= 0.3 is 0 Å². The molecule has 0 heterocycles. The molecule has 2 aromatic carbocycles. The van der Waals surface area contributed by atoms with Gasteiger partial charge in [-0.25, -0.2) is 13.2 Å². The summed E-state index contributed by atoms with van der Waals surface area (Å²) in [5.41, 5.74) is 1.22. The molecule has 21 heavy (non-hydrogen) atoms. The van der Waals surface area contributed by atoms with Gasteiger partial charge in [0.25, 0.3) is 0 Å². The second kappa shape index (κ2) is 7.09. The maximum absolute atomic E-state index is 13.5. The van der Waals surface area contributed by atoms with E-state index in [1.165, 1.54) is 0 Å². The molecule has 0 saturated heterocycles. The van der Waals surface area contributed by atoms with Crippen LogP contribution in [0.3, 0.4) is 0 Å². The number of hydrogen-bond acceptors (Lipinski definition) is 1. The zero-order chi connectivity index (χ0) is 15.4. The van der Waals surface area contributed by atoms with Gasteiger partial charge in [0.1, 0.15) is 0 Å². The smallest absolute Gasteiger partial charge is 0.194 e. The summed E-state index contributed by atoms with van der Waals surface area (Å²) in [5, 5.41) is 3.22. The van der Waals surface area contributed by atoms with Crippen LogP contribution in [0.15, 0.2) is 40.9 Å². The van der Waals surface area contributed by atoms with Crippen LogP contribution in [0.4, 0.5) is 13.2 Å². The lowest BCUT2D eigenvalue weighted by Gasteiger charge is -2.20. The fourth-order valence-corrected chi connectivity index (χ4v) is 2.38. The first-order chi connectivity index (χ1) is 10.0. The molecule has 0 saturated carbocycles. The molecule has 0 bridgehead atoms. The van der Waals surface area contributed by atoms with Crippen molar-refractivity contribution in [2.75, 3.05) is 6.54 Å². The predicted octanol–water partition coefficient (Wildman–Crippen LogP) is 4.96. The molecule has 5 heteroatoms. The fraction of sp³-hybridized carbons (Fsp3) is 0.250. The highest BCUT2D eigenvalue weighted by atomic mass is 79.9. The molecule has 0 aromatic heterocycles. The number of nitrogens with one attached hydrogen (secondary N) is 1. The van der Waals surface area contributed by atoms with E-state index in [2.05, 4.69) is 21.2 Å². The summed E-state index contributed by atoms with van der Waals surface area (Å²) in [7, 11) is 0. The third-order valence-electron chi connectivity index (χ3n) is 3.14. The van der Waals surface area contributed by atoms with E-state index in [4.69, 9.17) is 0 Å². The molecule has 1 atom stereocenters. The van der Waals surface area contributed by atoms with Crippen molar-refractivity contribution in [3.63, 3.8) is 0 Å². The molecule has 0 aliphatic heterocycles. The zero-order valence-electron chi connectivity index (χ0n) is 11.5. The molecular weight excluding hydrogens is 343 g/mol. The van der Waals surface area contributed by atoms with E-state index in [1.54, 1.807) is 0 Å². The summed E-state index contributed by atoms with van der Waals surface area (Å²) < 4.78 is 40.9. The molecule has 2 rings (SSSR count). The van der Waals surface area contributed by atoms with E-state index < -0.39 is 17.5 Å². The third-order valence-corrected chi connectivity index (χ3v) is 3.67. The van der Waals surface area contributed by atoms with Crippen molar-refractivity contribution in [3.05, 3.63) is 69.4 Å². The Labute approximate surface area is 130 Å². The minimum absolute atomic E-state index is 0.363. The average Bonchev–Trinajstić information content (AvgIpc) is 2.46. The molecule has 0 aliphatic carbocycles. The van der Waals surface area contributed by atoms with Crippen molar-refractivity contribution in [2.24, 2.45) is 0 Å². The standard InChI is InChI=1S/C16H15BrF3N/c1-2-7-21-16(10-3-5-12(17)6-4-10)11-8-13(18)15(20)14(19)9-11/h3-6,8-9,16,21H,2,7H2,1H3. The van der Waals surface area contributed by atoms with Gasteiger partial charge in [0, 0.05) is 4.47 Å². The second-order valence-corrected chi connectivity index (χ2v) is 5.65. The van der Waals surface area contributed by atoms with Crippen molar-refractivity contribution in [1.29, 1.82) is 0 Å². The van der Waals surface area contributed by atoms with Crippen LogP contribution in [0.25, 0.3) is 0 Å². The zero-order valence-corrected chi connectivity index (χ0v) is 13.1. The minimum Gasteiger partial charge on any atom is -0.306 e. The van der Waals surface area contributed by atoms with E-state index >= 15 is 0 Å². The summed E-state index contributed by atoms with van der Waals surface area (Å²) in [6.45, 7) is 2.68.